The van der Waals surface area contributed by atoms with Gasteiger partial charge in [-0.15, -0.1) is 0 Å². The standard InChI is InChI=1S/C17H20N2O5/c1-11(20)14(15(22)19-24)18-16(23)17(9-3-2-4-10-17)12-5-7-13(21)8-6-12/h2-9,11,14,20-21,24H,10H2,1H3,(H,18,23)(H,19,22)/t11-,14+,17?/m1/s1. The fourth-order valence-corrected chi connectivity index (χ4v) is 2.64. The lowest BCUT2D eigenvalue weighted by atomic mass is 9.74. The summed E-state index contributed by atoms with van der Waals surface area (Å²) in [5.74, 6) is -1.33. The minimum Gasteiger partial charge on any atom is -0.508 e. The van der Waals surface area contributed by atoms with E-state index in [4.69, 9.17) is 5.21 Å². The number of allylic oxidation sites excluding steroid dienone is 3. The molecule has 24 heavy (non-hydrogen) atoms. The van der Waals surface area contributed by atoms with Crippen molar-refractivity contribution in [3.05, 3.63) is 54.1 Å². The highest BCUT2D eigenvalue weighted by Gasteiger charge is 2.40. The van der Waals surface area contributed by atoms with E-state index in [2.05, 4.69) is 5.32 Å². The molecule has 5 N–H and O–H groups in total. The number of phenols is 1. The van der Waals surface area contributed by atoms with Gasteiger partial charge in [-0.05, 0) is 31.0 Å². The monoisotopic (exact) mass is 332 g/mol. The second-order valence-electron chi connectivity index (χ2n) is 5.68. The molecule has 0 aromatic heterocycles. The van der Waals surface area contributed by atoms with E-state index in [9.17, 15) is 19.8 Å². The molecule has 128 valence electrons. The van der Waals surface area contributed by atoms with Crippen LogP contribution < -0.4 is 10.8 Å². The number of amides is 2. The molecule has 2 amide bonds. The molecule has 0 aliphatic heterocycles. The van der Waals surface area contributed by atoms with E-state index >= 15 is 0 Å². The first-order valence-electron chi connectivity index (χ1n) is 7.47. The summed E-state index contributed by atoms with van der Waals surface area (Å²) in [6.07, 6.45) is 6.20. The average molecular weight is 332 g/mol. The zero-order chi connectivity index (χ0) is 17.7. The van der Waals surface area contributed by atoms with Crippen molar-refractivity contribution in [2.75, 3.05) is 0 Å². The molecule has 1 aliphatic rings. The normalized spacial score (nSPS) is 21.8. The van der Waals surface area contributed by atoms with Crippen LogP contribution in [0.3, 0.4) is 0 Å². The van der Waals surface area contributed by atoms with Gasteiger partial charge in [0.05, 0.1) is 11.5 Å². The Balaban J connectivity index is 2.36. The molecular formula is C17H20N2O5. The lowest BCUT2D eigenvalue weighted by Gasteiger charge is -2.32. The van der Waals surface area contributed by atoms with E-state index in [0.29, 0.717) is 12.0 Å². The lowest BCUT2D eigenvalue weighted by Crippen LogP contribution is -2.56. The van der Waals surface area contributed by atoms with Crippen LogP contribution in [0.5, 0.6) is 5.75 Å². The number of carbonyl (C=O) groups is 2. The number of phenolic OH excluding ortho intramolecular Hbond substituents is 1. The second-order valence-corrected chi connectivity index (χ2v) is 5.68. The maximum Gasteiger partial charge on any atom is 0.268 e. The molecule has 7 nitrogen and oxygen atoms in total. The maximum atomic E-state index is 12.9. The minimum atomic E-state index is -1.30. The van der Waals surface area contributed by atoms with Gasteiger partial charge in [0.2, 0.25) is 5.91 Å². The van der Waals surface area contributed by atoms with Crippen molar-refractivity contribution >= 4 is 11.8 Å². The Morgan fingerprint density at radius 2 is 1.88 bits per heavy atom. The third kappa shape index (κ3) is 3.47. The van der Waals surface area contributed by atoms with E-state index in [0.717, 1.165) is 0 Å². The molecule has 1 unspecified atom stereocenters. The Hall–Kier alpha value is -2.64. The van der Waals surface area contributed by atoms with Crippen LogP contribution in [0.15, 0.2) is 48.6 Å². The van der Waals surface area contributed by atoms with Crippen molar-refractivity contribution in [3.8, 4) is 5.75 Å². The molecule has 0 saturated heterocycles. The van der Waals surface area contributed by atoms with Crippen molar-refractivity contribution < 1.29 is 25.0 Å². The summed E-state index contributed by atoms with van der Waals surface area (Å²) in [7, 11) is 0. The second kappa shape index (κ2) is 7.29. The van der Waals surface area contributed by atoms with Gasteiger partial charge in [0.1, 0.15) is 11.8 Å². The van der Waals surface area contributed by atoms with Crippen LogP contribution in [-0.2, 0) is 15.0 Å². The number of hydrogen-bond acceptors (Lipinski definition) is 5. The first-order valence-corrected chi connectivity index (χ1v) is 7.47. The Labute approximate surface area is 139 Å². The Morgan fingerprint density at radius 3 is 2.38 bits per heavy atom. The highest BCUT2D eigenvalue weighted by Crippen LogP contribution is 2.34. The first-order chi connectivity index (χ1) is 11.4. The minimum absolute atomic E-state index is 0.0751. The quantitative estimate of drug-likeness (QED) is 0.398. The van der Waals surface area contributed by atoms with Gasteiger partial charge in [-0.3, -0.25) is 14.8 Å². The number of hydroxylamine groups is 1. The summed E-state index contributed by atoms with van der Waals surface area (Å²) < 4.78 is 0. The smallest absolute Gasteiger partial charge is 0.268 e. The predicted octanol–water partition coefficient (Wildman–Crippen LogP) is 0.517. The average Bonchev–Trinajstić information content (AvgIpc) is 2.59. The summed E-state index contributed by atoms with van der Waals surface area (Å²) in [5, 5.41) is 30.4. The number of aliphatic hydroxyl groups is 1. The molecular weight excluding hydrogens is 312 g/mol. The molecule has 0 spiro atoms. The summed E-state index contributed by atoms with van der Waals surface area (Å²) in [4.78, 5) is 24.6. The van der Waals surface area contributed by atoms with Gasteiger partial charge in [-0.2, -0.15) is 0 Å². The highest BCUT2D eigenvalue weighted by molar-refractivity contribution is 5.95. The Bertz CT molecular complexity index is 666. The zero-order valence-corrected chi connectivity index (χ0v) is 13.1. The lowest BCUT2D eigenvalue weighted by molar-refractivity contribution is -0.138. The van der Waals surface area contributed by atoms with E-state index in [1.807, 2.05) is 6.08 Å². The third-order valence-electron chi connectivity index (χ3n) is 4.02. The van der Waals surface area contributed by atoms with E-state index < -0.39 is 29.4 Å². The third-order valence-corrected chi connectivity index (χ3v) is 4.02. The van der Waals surface area contributed by atoms with Gasteiger partial charge in [-0.1, -0.05) is 36.4 Å². The summed E-state index contributed by atoms with van der Waals surface area (Å²) >= 11 is 0. The van der Waals surface area contributed by atoms with Gasteiger partial charge in [-0.25, -0.2) is 5.48 Å². The number of nitrogens with one attached hydrogen (secondary N) is 2. The first kappa shape index (κ1) is 17.7. The van der Waals surface area contributed by atoms with Crippen molar-refractivity contribution in [3.63, 3.8) is 0 Å². The molecule has 0 heterocycles. The van der Waals surface area contributed by atoms with Crippen LogP contribution in [0.4, 0.5) is 0 Å². The highest BCUT2D eigenvalue weighted by atomic mass is 16.5. The number of benzene rings is 1. The van der Waals surface area contributed by atoms with Crippen LogP contribution in [0.1, 0.15) is 18.9 Å². The Morgan fingerprint density at radius 1 is 1.21 bits per heavy atom. The van der Waals surface area contributed by atoms with E-state index in [1.165, 1.54) is 24.5 Å². The van der Waals surface area contributed by atoms with Gasteiger partial charge >= 0.3 is 0 Å². The Kier molecular flexibility index (Phi) is 5.38. The summed E-state index contributed by atoms with van der Waals surface area (Å²) in [5.41, 5.74) is 0.989. The topological polar surface area (TPSA) is 119 Å². The van der Waals surface area contributed by atoms with Crippen molar-refractivity contribution in [2.24, 2.45) is 0 Å². The summed E-state index contributed by atoms with van der Waals surface area (Å²) in [6.45, 7) is 1.34. The van der Waals surface area contributed by atoms with Gasteiger partial charge in [0.25, 0.3) is 5.91 Å². The van der Waals surface area contributed by atoms with Crippen LogP contribution in [-0.4, -0.2) is 39.4 Å². The molecule has 1 aromatic carbocycles. The predicted molar refractivity (Wildman–Crippen MR) is 86.2 cm³/mol. The van der Waals surface area contributed by atoms with Crippen LogP contribution in [0.25, 0.3) is 0 Å². The number of aliphatic hydroxyl groups excluding tert-OH is 1. The molecule has 0 bridgehead atoms. The number of rotatable bonds is 5. The van der Waals surface area contributed by atoms with Crippen LogP contribution in [0.2, 0.25) is 0 Å². The van der Waals surface area contributed by atoms with Gasteiger partial charge in [0, 0.05) is 0 Å². The van der Waals surface area contributed by atoms with Gasteiger partial charge < -0.3 is 15.5 Å². The van der Waals surface area contributed by atoms with Gasteiger partial charge in [0.15, 0.2) is 0 Å². The van der Waals surface area contributed by atoms with Crippen molar-refractivity contribution in [1.29, 1.82) is 0 Å². The zero-order valence-electron chi connectivity index (χ0n) is 13.1. The number of aromatic hydroxyl groups is 1. The number of hydrogen-bond donors (Lipinski definition) is 5. The molecule has 1 aliphatic carbocycles. The van der Waals surface area contributed by atoms with Crippen LogP contribution >= 0.6 is 0 Å². The molecule has 2 rings (SSSR count). The SMILES string of the molecule is C[C@@H](O)[C@H](NC(=O)C1(c2ccc(O)cc2)C=CC=CC1)C(=O)NO. The van der Waals surface area contributed by atoms with Crippen molar-refractivity contribution in [2.45, 2.75) is 30.9 Å². The largest absolute Gasteiger partial charge is 0.508 e. The van der Waals surface area contributed by atoms with E-state index in [1.54, 1.807) is 30.4 Å². The van der Waals surface area contributed by atoms with Crippen LogP contribution in [0, 0.1) is 0 Å². The maximum absolute atomic E-state index is 12.9. The molecule has 0 radical (unpaired) electrons. The fraction of sp³-hybridized carbons (Fsp3) is 0.294. The molecule has 3 atom stereocenters. The fourth-order valence-electron chi connectivity index (χ4n) is 2.64. The number of carbonyl (C=O) groups excluding carboxylic acids is 2. The molecule has 1 aromatic rings. The van der Waals surface area contributed by atoms with Crippen molar-refractivity contribution in [1.82, 2.24) is 10.8 Å². The molecule has 0 saturated carbocycles. The molecule has 0 fully saturated rings. The summed E-state index contributed by atoms with van der Waals surface area (Å²) in [6, 6.07) is 4.91. The molecule has 7 heteroatoms. The van der Waals surface area contributed by atoms with E-state index in [-0.39, 0.29) is 5.75 Å².